The van der Waals surface area contributed by atoms with E-state index in [1.54, 1.807) is 0 Å². The van der Waals surface area contributed by atoms with Crippen LogP contribution in [0, 0.1) is 0 Å². The quantitative estimate of drug-likeness (QED) is 0.536. The fourth-order valence-electron chi connectivity index (χ4n) is 0.882. The molecule has 0 aliphatic carbocycles. The van der Waals surface area contributed by atoms with Crippen LogP contribution in [0.4, 0.5) is 0 Å². The molecule has 11 heavy (non-hydrogen) atoms. The Kier molecular flexibility index (Phi) is 4.69. The summed E-state index contributed by atoms with van der Waals surface area (Å²) in [6, 6.07) is 0. The molecular formula is C9H21NO. The minimum atomic E-state index is 0.118. The number of ether oxygens (including phenoxy) is 1. The first kappa shape index (κ1) is 10.9. The van der Waals surface area contributed by atoms with E-state index in [1.807, 2.05) is 13.8 Å². The van der Waals surface area contributed by atoms with E-state index in [1.165, 1.54) is 0 Å². The van der Waals surface area contributed by atoms with Crippen LogP contribution < -0.4 is 0 Å². The fourth-order valence-corrected chi connectivity index (χ4v) is 0.882. The Morgan fingerprint density at radius 3 is 2.09 bits per heavy atom. The van der Waals surface area contributed by atoms with E-state index < -0.39 is 0 Å². The van der Waals surface area contributed by atoms with Gasteiger partial charge in [0.15, 0.2) is 0 Å². The molecule has 1 aliphatic heterocycles. The number of hydrogen-bond acceptors (Lipinski definition) is 2. The van der Waals surface area contributed by atoms with Crippen LogP contribution in [0.15, 0.2) is 0 Å². The molecule has 2 nitrogen and oxygen atoms in total. The van der Waals surface area contributed by atoms with E-state index in [-0.39, 0.29) is 5.60 Å². The van der Waals surface area contributed by atoms with Gasteiger partial charge in [0.2, 0.25) is 0 Å². The predicted molar refractivity (Wildman–Crippen MR) is 48.6 cm³/mol. The summed E-state index contributed by atoms with van der Waals surface area (Å²) in [7, 11) is 2.08. The molecule has 0 radical (unpaired) electrons. The van der Waals surface area contributed by atoms with Gasteiger partial charge in [-0.3, -0.25) is 4.90 Å². The smallest absolute Gasteiger partial charge is 0.0995 e. The molecule has 0 atom stereocenters. The highest BCUT2D eigenvalue weighted by Gasteiger charge is 2.23. The van der Waals surface area contributed by atoms with Gasteiger partial charge >= 0.3 is 0 Å². The molecule has 0 aromatic rings. The largest absolute Gasteiger partial charge is 0.360 e. The summed E-state index contributed by atoms with van der Waals surface area (Å²) in [5.74, 6) is 0. The number of hydrogen-bond donors (Lipinski definition) is 0. The number of rotatable bonds is 0. The van der Waals surface area contributed by atoms with Gasteiger partial charge in [-0.15, -0.1) is 0 Å². The Bertz CT molecular complexity index is 91.7. The van der Waals surface area contributed by atoms with Crippen LogP contribution >= 0.6 is 0 Å². The second kappa shape index (κ2) is 4.73. The lowest BCUT2D eigenvalue weighted by Gasteiger charge is -2.34. The summed E-state index contributed by atoms with van der Waals surface area (Å²) < 4.78 is 5.50. The predicted octanol–water partition coefficient (Wildman–Crippen LogP) is 2.10. The summed E-state index contributed by atoms with van der Waals surface area (Å²) in [4.78, 5) is 2.19. The molecule has 2 heteroatoms. The summed E-state index contributed by atoms with van der Waals surface area (Å²) in [6.07, 6.45) is 1.14. The molecule has 1 saturated heterocycles. The second-order valence-electron chi connectivity index (χ2n) is 3.36. The van der Waals surface area contributed by atoms with Gasteiger partial charge in [-0.05, 0) is 27.3 Å². The maximum Gasteiger partial charge on any atom is 0.0995 e. The lowest BCUT2D eigenvalue weighted by atomic mass is 10.0. The van der Waals surface area contributed by atoms with E-state index in [9.17, 15) is 0 Å². The average molecular weight is 159 g/mol. The molecule has 0 spiro atoms. The van der Waals surface area contributed by atoms with Gasteiger partial charge in [0.25, 0.3) is 0 Å². The van der Waals surface area contributed by atoms with Crippen molar-refractivity contribution in [3.8, 4) is 0 Å². The van der Waals surface area contributed by atoms with Crippen LogP contribution in [-0.4, -0.2) is 30.8 Å². The third-order valence-corrected chi connectivity index (χ3v) is 1.77. The Hall–Kier alpha value is -0.0800. The van der Waals surface area contributed by atoms with Crippen molar-refractivity contribution in [1.29, 1.82) is 0 Å². The third-order valence-electron chi connectivity index (χ3n) is 1.77. The topological polar surface area (TPSA) is 12.5 Å². The standard InChI is InChI=1S/C7H15NO.C2H6/c1-7(2)4-5-8(3)6-9-7;1-2/h4-6H2,1-3H3;1-2H3. The monoisotopic (exact) mass is 159 g/mol. The van der Waals surface area contributed by atoms with Crippen LogP contribution in [0.3, 0.4) is 0 Å². The Morgan fingerprint density at radius 2 is 1.82 bits per heavy atom. The van der Waals surface area contributed by atoms with Gasteiger partial charge in [0.05, 0.1) is 12.3 Å². The minimum Gasteiger partial charge on any atom is -0.360 e. The third kappa shape index (κ3) is 4.38. The lowest BCUT2D eigenvalue weighted by Crippen LogP contribution is -2.40. The summed E-state index contributed by atoms with van der Waals surface area (Å²) in [5.41, 5.74) is 0.118. The van der Waals surface area contributed by atoms with Gasteiger partial charge in [-0.2, -0.15) is 0 Å². The molecular weight excluding hydrogens is 138 g/mol. The molecule has 0 N–H and O–H groups in total. The molecule has 0 aromatic carbocycles. The summed E-state index contributed by atoms with van der Waals surface area (Å²) in [6.45, 7) is 10.2. The summed E-state index contributed by atoms with van der Waals surface area (Å²) >= 11 is 0. The van der Waals surface area contributed by atoms with E-state index in [0.717, 1.165) is 19.7 Å². The Morgan fingerprint density at radius 1 is 1.27 bits per heavy atom. The van der Waals surface area contributed by atoms with E-state index in [4.69, 9.17) is 4.74 Å². The second-order valence-corrected chi connectivity index (χ2v) is 3.36. The maximum atomic E-state index is 5.50. The van der Waals surface area contributed by atoms with Gasteiger partial charge in [-0.1, -0.05) is 13.8 Å². The van der Waals surface area contributed by atoms with Crippen molar-refractivity contribution in [2.75, 3.05) is 20.3 Å². The van der Waals surface area contributed by atoms with Gasteiger partial charge in [-0.25, -0.2) is 0 Å². The Labute approximate surface area is 70.5 Å². The van der Waals surface area contributed by atoms with Crippen LogP contribution in [0.5, 0.6) is 0 Å². The molecule has 0 aromatic heterocycles. The highest BCUT2D eigenvalue weighted by Crippen LogP contribution is 2.18. The first-order valence-corrected chi connectivity index (χ1v) is 4.43. The molecule has 0 bridgehead atoms. The first-order valence-electron chi connectivity index (χ1n) is 4.43. The molecule has 1 rings (SSSR count). The van der Waals surface area contributed by atoms with Crippen LogP contribution in [0.25, 0.3) is 0 Å². The highest BCUT2D eigenvalue weighted by atomic mass is 16.5. The van der Waals surface area contributed by atoms with Gasteiger partial charge < -0.3 is 4.74 Å². The first-order chi connectivity index (χ1) is 5.10. The molecule has 0 amide bonds. The molecule has 68 valence electrons. The van der Waals surface area contributed by atoms with Crippen molar-refractivity contribution in [3.63, 3.8) is 0 Å². The van der Waals surface area contributed by atoms with Gasteiger partial charge in [0, 0.05) is 6.54 Å². The normalized spacial score (nSPS) is 23.7. The molecule has 0 unspecified atom stereocenters. The Balaban J connectivity index is 0.000000461. The summed E-state index contributed by atoms with van der Waals surface area (Å²) in [5, 5.41) is 0. The molecule has 0 saturated carbocycles. The van der Waals surface area contributed by atoms with Crippen LogP contribution in [0.1, 0.15) is 34.1 Å². The molecule has 1 aliphatic rings. The van der Waals surface area contributed by atoms with Crippen molar-refractivity contribution in [2.24, 2.45) is 0 Å². The highest BCUT2D eigenvalue weighted by molar-refractivity contribution is 4.73. The zero-order valence-electron chi connectivity index (χ0n) is 8.48. The van der Waals surface area contributed by atoms with Crippen LogP contribution in [-0.2, 0) is 4.74 Å². The maximum absolute atomic E-state index is 5.50. The zero-order valence-corrected chi connectivity index (χ0v) is 8.48. The zero-order chi connectivity index (χ0) is 8.91. The molecule has 1 fully saturated rings. The average Bonchev–Trinajstić information content (AvgIpc) is 2.00. The van der Waals surface area contributed by atoms with Gasteiger partial charge in [0.1, 0.15) is 0 Å². The SMILES string of the molecule is CC.CN1CCC(C)(C)OC1. The van der Waals surface area contributed by atoms with Crippen molar-refractivity contribution in [3.05, 3.63) is 0 Å². The van der Waals surface area contributed by atoms with E-state index in [2.05, 4.69) is 25.8 Å². The van der Waals surface area contributed by atoms with E-state index >= 15 is 0 Å². The lowest BCUT2D eigenvalue weighted by molar-refractivity contribution is -0.110. The van der Waals surface area contributed by atoms with Crippen molar-refractivity contribution in [1.82, 2.24) is 4.90 Å². The van der Waals surface area contributed by atoms with Crippen molar-refractivity contribution < 1.29 is 4.74 Å². The van der Waals surface area contributed by atoms with Crippen molar-refractivity contribution >= 4 is 0 Å². The fraction of sp³-hybridized carbons (Fsp3) is 1.00. The minimum absolute atomic E-state index is 0.118. The van der Waals surface area contributed by atoms with E-state index in [0.29, 0.717) is 0 Å². The van der Waals surface area contributed by atoms with Crippen molar-refractivity contribution in [2.45, 2.75) is 39.7 Å². The molecule has 1 heterocycles. The van der Waals surface area contributed by atoms with Crippen LogP contribution in [0.2, 0.25) is 0 Å². The number of nitrogens with zero attached hydrogens (tertiary/aromatic N) is 1.